The summed E-state index contributed by atoms with van der Waals surface area (Å²) in [6, 6.07) is 6.04. The zero-order chi connectivity index (χ0) is 13.0. The summed E-state index contributed by atoms with van der Waals surface area (Å²) in [4.78, 5) is 13.4. The molecular formula is C11H14ClN3O2. The highest BCUT2D eigenvalue weighted by atomic mass is 35.5. The van der Waals surface area contributed by atoms with E-state index in [2.05, 4.69) is 5.16 Å². The van der Waals surface area contributed by atoms with Crippen molar-refractivity contribution in [2.75, 3.05) is 7.05 Å². The summed E-state index contributed by atoms with van der Waals surface area (Å²) >= 11 is 5.73. The highest BCUT2D eigenvalue weighted by Crippen LogP contribution is 2.12. The van der Waals surface area contributed by atoms with Crippen molar-refractivity contribution in [3.05, 3.63) is 34.9 Å². The van der Waals surface area contributed by atoms with E-state index in [1.165, 1.54) is 4.90 Å². The van der Waals surface area contributed by atoms with Crippen LogP contribution in [0.15, 0.2) is 29.4 Å². The Bertz CT molecular complexity index is 431. The van der Waals surface area contributed by atoms with E-state index in [9.17, 15) is 4.79 Å². The monoisotopic (exact) mass is 255 g/mol. The second-order valence-electron chi connectivity index (χ2n) is 3.62. The average molecular weight is 256 g/mol. The van der Waals surface area contributed by atoms with Gasteiger partial charge in [-0.2, -0.15) is 0 Å². The molecular weight excluding hydrogens is 242 g/mol. The maximum atomic E-state index is 12.0. The van der Waals surface area contributed by atoms with E-state index in [0.29, 0.717) is 10.6 Å². The number of hydrogen-bond acceptors (Lipinski definition) is 3. The van der Waals surface area contributed by atoms with Gasteiger partial charge in [-0.15, -0.1) is 0 Å². The predicted octanol–water partition coefficient (Wildman–Crippen LogP) is 1.55. The molecule has 0 spiro atoms. The summed E-state index contributed by atoms with van der Waals surface area (Å²) in [7, 11) is 1.58. The minimum absolute atomic E-state index is 0.0187. The smallest absolute Gasteiger partial charge is 0.254 e. The Hall–Kier alpha value is -1.75. The van der Waals surface area contributed by atoms with Gasteiger partial charge < -0.3 is 15.8 Å². The molecule has 1 unspecified atom stereocenters. The van der Waals surface area contributed by atoms with Crippen LogP contribution in [0.4, 0.5) is 0 Å². The second kappa shape index (κ2) is 5.54. The Morgan fingerprint density at radius 1 is 1.47 bits per heavy atom. The van der Waals surface area contributed by atoms with Gasteiger partial charge in [-0.1, -0.05) is 16.8 Å². The number of halogens is 1. The minimum Gasteiger partial charge on any atom is -0.409 e. The fraction of sp³-hybridized carbons (Fsp3) is 0.273. The number of rotatable bonds is 3. The van der Waals surface area contributed by atoms with Gasteiger partial charge in [0.25, 0.3) is 5.91 Å². The molecule has 6 heteroatoms. The lowest BCUT2D eigenvalue weighted by Gasteiger charge is -2.23. The lowest BCUT2D eigenvalue weighted by atomic mass is 10.1. The van der Waals surface area contributed by atoms with Gasteiger partial charge in [0.05, 0.1) is 6.04 Å². The van der Waals surface area contributed by atoms with Gasteiger partial charge in [-0.05, 0) is 31.2 Å². The fourth-order valence-electron chi connectivity index (χ4n) is 1.25. The third-order valence-corrected chi connectivity index (χ3v) is 2.79. The minimum atomic E-state index is -0.483. The molecule has 1 rings (SSSR count). The third-order valence-electron chi connectivity index (χ3n) is 2.54. The van der Waals surface area contributed by atoms with E-state index in [1.807, 2.05) is 0 Å². The number of carbonyl (C=O) groups excluding carboxylic acids is 1. The summed E-state index contributed by atoms with van der Waals surface area (Å²) in [5.74, 6) is -0.240. The van der Waals surface area contributed by atoms with E-state index in [1.54, 1.807) is 38.2 Å². The number of benzene rings is 1. The van der Waals surface area contributed by atoms with Crippen LogP contribution in [0.2, 0.25) is 5.02 Å². The number of likely N-dealkylation sites (N-methyl/N-ethyl adjacent to an activating group) is 1. The van der Waals surface area contributed by atoms with E-state index >= 15 is 0 Å². The molecule has 0 aliphatic heterocycles. The first-order valence-electron chi connectivity index (χ1n) is 4.97. The van der Waals surface area contributed by atoms with Crippen molar-refractivity contribution in [1.82, 2.24) is 4.90 Å². The number of amidine groups is 1. The molecule has 0 fully saturated rings. The number of carbonyl (C=O) groups is 1. The standard InChI is InChI=1S/C11H14ClN3O2/c1-7(10(13)14-17)15(2)11(16)8-3-5-9(12)6-4-8/h3-7,17H,1-2H3,(H2,13,14). The van der Waals surface area contributed by atoms with Gasteiger partial charge in [-0.3, -0.25) is 4.79 Å². The first-order valence-corrected chi connectivity index (χ1v) is 5.35. The van der Waals surface area contributed by atoms with Crippen LogP contribution in [0, 0.1) is 0 Å². The first kappa shape index (κ1) is 13.3. The van der Waals surface area contributed by atoms with Crippen LogP contribution in [0.3, 0.4) is 0 Å². The number of nitrogens with two attached hydrogens (primary N) is 1. The molecule has 3 N–H and O–H groups in total. The molecule has 5 nitrogen and oxygen atoms in total. The van der Waals surface area contributed by atoms with Crippen LogP contribution in [0.25, 0.3) is 0 Å². The molecule has 0 aliphatic rings. The first-order chi connectivity index (χ1) is 7.97. The van der Waals surface area contributed by atoms with Crippen molar-refractivity contribution in [3.63, 3.8) is 0 Å². The molecule has 0 radical (unpaired) electrons. The van der Waals surface area contributed by atoms with E-state index in [-0.39, 0.29) is 11.7 Å². The second-order valence-corrected chi connectivity index (χ2v) is 4.06. The maximum Gasteiger partial charge on any atom is 0.254 e. The third kappa shape index (κ3) is 3.10. The SMILES string of the molecule is CC(C(N)=NO)N(C)C(=O)c1ccc(Cl)cc1. The number of amides is 1. The summed E-state index contributed by atoms with van der Waals surface area (Å²) in [5.41, 5.74) is 5.94. The Morgan fingerprint density at radius 3 is 2.47 bits per heavy atom. The largest absolute Gasteiger partial charge is 0.409 e. The molecule has 0 saturated carbocycles. The van der Waals surface area contributed by atoms with Gasteiger partial charge in [0.2, 0.25) is 0 Å². The highest BCUT2D eigenvalue weighted by molar-refractivity contribution is 6.30. The highest BCUT2D eigenvalue weighted by Gasteiger charge is 2.20. The lowest BCUT2D eigenvalue weighted by Crippen LogP contribution is -2.43. The molecule has 1 atom stereocenters. The van der Waals surface area contributed by atoms with Crippen LogP contribution in [0.1, 0.15) is 17.3 Å². The van der Waals surface area contributed by atoms with E-state index in [0.717, 1.165) is 0 Å². The molecule has 1 aromatic rings. The molecule has 0 saturated heterocycles. The molecule has 0 heterocycles. The van der Waals surface area contributed by atoms with Gasteiger partial charge >= 0.3 is 0 Å². The molecule has 0 aromatic heterocycles. The van der Waals surface area contributed by atoms with Crippen LogP contribution >= 0.6 is 11.6 Å². The lowest BCUT2D eigenvalue weighted by molar-refractivity contribution is 0.0776. The normalized spacial score (nSPS) is 13.2. The quantitative estimate of drug-likeness (QED) is 0.372. The van der Waals surface area contributed by atoms with Crippen molar-refractivity contribution in [2.45, 2.75) is 13.0 Å². The Labute approximate surface area is 104 Å². The van der Waals surface area contributed by atoms with Crippen molar-refractivity contribution >= 4 is 23.3 Å². The summed E-state index contributed by atoms with van der Waals surface area (Å²) in [5, 5.41) is 12.0. The Balaban J connectivity index is 2.86. The zero-order valence-corrected chi connectivity index (χ0v) is 10.3. The molecule has 1 aromatic carbocycles. The number of nitrogens with zero attached hydrogens (tertiary/aromatic N) is 2. The van der Waals surface area contributed by atoms with E-state index < -0.39 is 6.04 Å². The van der Waals surface area contributed by atoms with Crippen molar-refractivity contribution in [2.24, 2.45) is 10.9 Å². The van der Waals surface area contributed by atoms with Crippen LogP contribution in [0.5, 0.6) is 0 Å². The van der Waals surface area contributed by atoms with Crippen molar-refractivity contribution in [3.8, 4) is 0 Å². The summed E-state index contributed by atoms with van der Waals surface area (Å²) in [6.45, 7) is 1.67. The topological polar surface area (TPSA) is 78.9 Å². The van der Waals surface area contributed by atoms with Crippen molar-refractivity contribution in [1.29, 1.82) is 0 Å². The van der Waals surface area contributed by atoms with Crippen LogP contribution in [-0.4, -0.2) is 34.9 Å². The number of oxime groups is 1. The van der Waals surface area contributed by atoms with Crippen LogP contribution < -0.4 is 5.73 Å². The fourth-order valence-corrected chi connectivity index (χ4v) is 1.38. The van der Waals surface area contributed by atoms with Gasteiger partial charge in [0.1, 0.15) is 0 Å². The Morgan fingerprint density at radius 2 is 2.00 bits per heavy atom. The van der Waals surface area contributed by atoms with E-state index in [4.69, 9.17) is 22.5 Å². The van der Waals surface area contributed by atoms with Crippen LogP contribution in [-0.2, 0) is 0 Å². The number of hydrogen-bond donors (Lipinski definition) is 2. The summed E-state index contributed by atoms with van der Waals surface area (Å²) in [6.07, 6.45) is 0. The molecule has 0 aliphatic carbocycles. The maximum absolute atomic E-state index is 12.0. The zero-order valence-electron chi connectivity index (χ0n) is 9.59. The van der Waals surface area contributed by atoms with Gasteiger partial charge in [0.15, 0.2) is 5.84 Å². The molecule has 17 heavy (non-hydrogen) atoms. The molecule has 0 bridgehead atoms. The van der Waals surface area contributed by atoms with Crippen molar-refractivity contribution < 1.29 is 10.0 Å². The van der Waals surface area contributed by atoms with Gasteiger partial charge in [-0.25, -0.2) is 0 Å². The Kier molecular flexibility index (Phi) is 4.34. The average Bonchev–Trinajstić information content (AvgIpc) is 2.36. The van der Waals surface area contributed by atoms with Gasteiger partial charge in [0, 0.05) is 17.6 Å². The predicted molar refractivity (Wildman–Crippen MR) is 66.4 cm³/mol. The summed E-state index contributed by atoms with van der Waals surface area (Å²) < 4.78 is 0. The molecule has 1 amide bonds. The molecule has 92 valence electrons.